The first-order chi connectivity index (χ1) is 10.1. The largest absolute Gasteiger partial charge is 0.462 e. The average molecular weight is 338 g/mol. The van der Waals surface area contributed by atoms with E-state index in [4.69, 9.17) is 4.74 Å². The van der Waals surface area contributed by atoms with Crippen LogP contribution in [0.4, 0.5) is 8.78 Å². The standard InChI is InChI=1S/C13H16F2O6S/c1-3-12(16)20-7-13(17,8-21-22(2,18)19)10-5-4-9(14)6-11(10)15/h4-6,17H,3,7-8H2,1-2H3/t13-/m0/s1. The van der Waals surface area contributed by atoms with E-state index in [2.05, 4.69) is 4.18 Å². The lowest BCUT2D eigenvalue weighted by Crippen LogP contribution is -2.39. The molecule has 0 aromatic heterocycles. The molecule has 22 heavy (non-hydrogen) atoms. The Hall–Kier alpha value is -1.58. The van der Waals surface area contributed by atoms with Gasteiger partial charge >= 0.3 is 5.97 Å². The van der Waals surface area contributed by atoms with Gasteiger partial charge in [-0.1, -0.05) is 13.0 Å². The van der Waals surface area contributed by atoms with Crippen LogP contribution in [0.1, 0.15) is 18.9 Å². The third kappa shape index (κ3) is 5.32. The molecule has 9 heteroatoms. The van der Waals surface area contributed by atoms with Gasteiger partial charge in [-0.3, -0.25) is 8.98 Å². The number of hydrogen-bond acceptors (Lipinski definition) is 6. The molecule has 0 aliphatic heterocycles. The fourth-order valence-electron chi connectivity index (χ4n) is 1.57. The minimum Gasteiger partial charge on any atom is -0.462 e. The van der Waals surface area contributed by atoms with Crippen LogP contribution in [0.2, 0.25) is 0 Å². The number of hydrogen-bond donors (Lipinski definition) is 1. The van der Waals surface area contributed by atoms with Crippen LogP contribution >= 0.6 is 0 Å². The molecule has 1 N–H and O–H groups in total. The zero-order valence-electron chi connectivity index (χ0n) is 12.0. The van der Waals surface area contributed by atoms with Gasteiger partial charge in [-0.15, -0.1) is 0 Å². The van der Waals surface area contributed by atoms with E-state index < -0.39 is 52.1 Å². The highest BCUT2D eigenvalue weighted by Gasteiger charge is 2.36. The van der Waals surface area contributed by atoms with Crippen molar-refractivity contribution in [3.8, 4) is 0 Å². The smallest absolute Gasteiger partial charge is 0.305 e. The van der Waals surface area contributed by atoms with Crippen LogP contribution < -0.4 is 0 Å². The summed E-state index contributed by atoms with van der Waals surface area (Å²) < 4.78 is 58.1. The number of esters is 1. The van der Waals surface area contributed by atoms with Crippen molar-refractivity contribution in [1.29, 1.82) is 0 Å². The Kier molecular flexibility index (Phi) is 5.98. The molecule has 0 bridgehead atoms. The van der Waals surface area contributed by atoms with E-state index >= 15 is 0 Å². The molecule has 0 spiro atoms. The summed E-state index contributed by atoms with van der Waals surface area (Å²) in [4.78, 5) is 11.2. The Morgan fingerprint density at radius 1 is 1.32 bits per heavy atom. The minimum atomic E-state index is -3.93. The summed E-state index contributed by atoms with van der Waals surface area (Å²) in [5.41, 5.74) is -2.72. The van der Waals surface area contributed by atoms with E-state index in [1.165, 1.54) is 6.92 Å². The quantitative estimate of drug-likeness (QED) is 0.591. The molecule has 1 aromatic carbocycles. The van der Waals surface area contributed by atoms with Gasteiger partial charge < -0.3 is 9.84 Å². The van der Waals surface area contributed by atoms with Crippen LogP contribution in [0.25, 0.3) is 0 Å². The Morgan fingerprint density at radius 2 is 1.95 bits per heavy atom. The minimum absolute atomic E-state index is 0.00884. The second-order valence-electron chi connectivity index (χ2n) is 4.64. The first kappa shape index (κ1) is 18.5. The monoisotopic (exact) mass is 338 g/mol. The predicted molar refractivity (Wildman–Crippen MR) is 72.3 cm³/mol. The molecule has 0 fully saturated rings. The highest BCUT2D eigenvalue weighted by Crippen LogP contribution is 2.26. The van der Waals surface area contributed by atoms with Gasteiger partial charge in [0.25, 0.3) is 10.1 Å². The summed E-state index contributed by atoms with van der Waals surface area (Å²) in [6.45, 7) is -0.115. The molecular weight excluding hydrogens is 322 g/mol. The van der Waals surface area contributed by atoms with Crippen LogP contribution in [0.3, 0.4) is 0 Å². The number of rotatable bonds is 7. The van der Waals surface area contributed by atoms with E-state index in [0.29, 0.717) is 6.07 Å². The number of ether oxygens (including phenoxy) is 1. The second kappa shape index (κ2) is 7.12. The maximum atomic E-state index is 13.8. The zero-order chi connectivity index (χ0) is 17.0. The normalized spacial score (nSPS) is 14.4. The number of carbonyl (C=O) groups excluding carboxylic acids is 1. The second-order valence-corrected chi connectivity index (χ2v) is 6.28. The lowest BCUT2D eigenvalue weighted by Gasteiger charge is -2.27. The lowest BCUT2D eigenvalue weighted by molar-refractivity contribution is -0.154. The molecule has 0 saturated heterocycles. The van der Waals surface area contributed by atoms with Gasteiger partial charge in [-0.2, -0.15) is 8.42 Å². The van der Waals surface area contributed by atoms with Gasteiger partial charge in [0, 0.05) is 18.1 Å². The van der Waals surface area contributed by atoms with Crippen molar-refractivity contribution in [2.24, 2.45) is 0 Å². The molecule has 0 unspecified atom stereocenters. The summed E-state index contributed by atoms with van der Waals surface area (Å²) in [5.74, 6) is -2.68. The Balaban J connectivity index is 3.10. The third-order valence-electron chi connectivity index (χ3n) is 2.70. The first-order valence-electron chi connectivity index (χ1n) is 6.25. The van der Waals surface area contributed by atoms with Crippen molar-refractivity contribution < 1.29 is 36.0 Å². The maximum Gasteiger partial charge on any atom is 0.305 e. The highest BCUT2D eigenvalue weighted by molar-refractivity contribution is 7.85. The summed E-state index contributed by atoms with van der Waals surface area (Å²) in [5, 5.41) is 10.4. The fourth-order valence-corrected chi connectivity index (χ4v) is 1.98. The molecule has 0 heterocycles. The first-order valence-corrected chi connectivity index (χ1v) is 8.07. The molecule has 1 rings (SSSR count). The SMILES string of the molecule is CCC(=O)OC[C@](O)(COS(C)(=O)=O)c1ccc(F)cc1F. The average Bonchev–Trinajstić information content (AvgIpc) is 2.41. The Bertz CT molecular complexity index is 646. The molecule has 6 nitrogen and oxygen atoms in total. The molecule has 0 radical (unpaired) electrons. The molecule has 0 saturated carbocycles. The highest BCUT2D eigenvalue weighted by atomic mass is 32.2. The lowest BCUT2D eigenvalue weighted by atomic mass is 9.95. The van der Waals surface area contributed by atoms with Crippen LogP contribution in [-0.4, -0.2) is 39.0 Å². The maximum absolute atomic E-state index is 13.8. The van der Waals surface area contributed by atoms with Gasteiger partial charge in [-0.25, -0.2) is 8.78 Å². The molecule has 124 valence electrons. The molecule has 0 aliphatic rings. The summed E-state index contributed by atoms with van der Waals surface area (Å²) >= 11 is 0. The van der Waals surface area contributed by atoms with Crippen molar-refractivity contribution in [2.75, 3.05) is 19.5 Å². The van der Waals surface area contributed by atoms with Crippen LogP contribution in [-0.2, 0) is 29.4 Å². The van der Waals surface area contributed by atoms with E-state index in [9.17, 15) is 27.1 Å². The van der Waals surface area contributed by atoms with Gasteiger partial charge in [0.1, 0.15) is 24.8 Å². The summed E-state index contributed by atoms with van der Waals surface area (Å²) in [6, 6.07) is 2.32. The molecular formula is C13H16F2O6S. The van der Waals surface area contributed by atoms with Crippen molar-refractivity contribution >= 4 is 16.1 Å². The van der Waals surface area contributed by atoms with Gasteiger partial charge in [0.2, 0.25) is 0 Å². The Morgan fingerprint density at radius 3 is 2.45 bits per heavy atom. The summed E-state index contributed by atoms with van der Waals surface area (Å²) in [6.07, 6.45) is 0.751. The van der Waals surface area contributed by atoms with E-state index in [1.54, 1.807) is 0 Å². The van der Waals surface area contributed by atoms with Crippen molar-refractivity contribution in [2.45, 2.75) is 18.9 Å². The van der Waals surface area contributed by atoms with E-state index in [1.807, 2.05) is 0 Å². The molecule has 1 atom stereocenters. The van der Waals surface area contributed by atoms with Crippen molar-refractivity contribution in [3.63, 3.8) is 0 Å². The number of carbonyl (C=O) groups is 1. The van der Waals surface area contributed by atoms with E-state index in [0.717, 1.165) is 18.4 Å². The molecule has 1 aromatic rings. The Labute approximate surface area is 126 Å². The number of benzene rings is 1. The summed E-state index contributed by atoms with van der Waals surface area (Å²) in [7, 11) is -3.93. The van der Waals surface area contributed by atoms with Crippen molar-refractivity contribution in [3.05, 3.63) is 35.4 Å². The molecule has 0 amide bonds. The predicted octanol–water partition coefficient (Wildman–Crippen LogP) is 1.08. The van der Waals surface area contributed by atoms with Gasteiger partial charge in [-0.05, 0) is 6.07 Å². The van der Waals surface area contributed by atoms with Crippen LogP contribution in [0.5, 0.6) is 0 Å². The van der Waals surface area contributed by atoms with Crippen LogP contribution in [0, 0.1) is 11.6 Å². The number of halogens is 2. The van der Waals surface area contributed by atoms with E-state index in [-0.39, 0.29) is 6.42 Å². The zero-order valence-corrected chi connectivity index (χ0v) is 12.8. The van der Waals surface area contributed by atoms with Crippen LogP contribution in [0.15, 0.2) is 18.2 Å². The van der Waals surface area contributed by atoms with Crippen molar-refractivity contribution in [1.82, 2.24) is 0 Å². The van der Waals surface area contributed by atoms with Gasteiger partial charge in [0.05, 0.1) is 6.26 Å². The van der Waals surface area contributed by atoms with Gasteiger partial charge in [0.15, 0.2) is 5.60 Å². The topological polar surface area (TPSA) is 89.9 Å². The third-order valence-corrected chi connectivity index (χ3v) is 3.25. The molecule has 0 aliphatic carbocycles. The fraction of sp³-hybridized carbons (Fsp3) is 0.462. The number of aliphatic hydroxyl groups is 1.